The molecule has 0 radical (unpaired) electrons. The number of hydrogen-bond donors (Lipinski definition) is 1. The molecule has 1 fully saturated rings. The summed E-state index contributed by atoms with van der Waals surface area (Å²) in [6, 6.07) is 0.229. The molecule has 2 aromatic rings. The highest BCUT2D eigenvalue weighted by molar-refractivity contribution is 5.45. The molecule has 1 saturated heterocycles. The SMILES string of the molecule is Cc1cnc(C)c(N2CCC(O)(c3cn(C(C)C)nn3)C2)n1. The van der Waals surface area contributed by atoms with Crippen molar-refractivity contribution in [2.24, 2.45) is 0 Å². The summed E-state index contributed by atoms with van der Waals surface area (Å²) < 4.78 is 1.77. The summed E-state index contributed by atoms with van der Waals surface area (Å²) in [4.78, 5) is 11.0. The van der Waals surface area contributed by atoms with Gasteiger partial charge in [-0.3, -0.25) is 4.98 Å². The van der Waals surface area contributed by atoms with Crippen molar-refractivity contribution in [2.45, 2.75) is 45.8 Å². The maximum Gasteiger partial charge on any atom is 0.150 e. The van der Waals surface area contributed by atoms with Gasteiger partial charge in [0.05, 0.1) is 24.1 Å². The van der Waals surface area contributed by atoms with Gasteiger partial charge in [-0.05, 0) is 27.7 Å². The van der Waals surface area contributed by atoms with E-state index in [1.807, 2.05) is 33.9 Å². The highest BCUT2D eigenvalue weighted by Gasteiger charge is 2.41. The molecule has 7 heteroatoms. The summed E-state index contributed by atoms with van der Waals surface area (Å²) in [5.41, 5.74) is 1.40. The Balaban J connectivity index is 1.85. The third kappa shape index (κ3) is 2.56. The maximum atomic E-state index is 10.9. The lowest BCUT2D eigenvalue weighted by atomic mass is 10.00. The number of aryl methyl sites for hydroxylation is 2. The zero-order valence-corrected chi connectivity index (χ0v) is 13.5. The smallest absolute Gasteiger partial charge is 0.150 e. The average Bonchev–Trinajstić information content (AvgIpc) is 3.09. The standard InChI is InChI=1S/C15H22N6O/c1-10(2)21-8-13(18-19-21)15(22)5-6-20(9-15)14-12(4)16-7-11(3)17-14/h7-8,10,22H,5-6,9H2,1-4H3. The van der Waals surface area contributed by atoms with Crippen molar-refractivity contribution in [3.63, 3.8) is 0 Å². The first kappa shape index (κ1) is 14.9. The molecule has 0 spiro atoms. The fourth-order valence-electron chi connectivity index (χ4n) is 2.75. The van der Waals surface area contributed by atoms with Gasteiger partial charge in [-0.25, -0.2) is 9.67 Å². The molecule has 22 heavy (non-hydrogen) atoms. The topological polar surface area (TPSA) is 80.0 Å². The largest absolute Gasteiger partial charge is 0.381 e. The highest BCUT2D eigenvalue weighted by atomic mass is 16.3. The molecule has 3 rings (SSSR count). The minimum atomic E-state index is -0.981. The summed E-state index contributed by atoms with van der Waals surface area (Å²) in [5, 5.41) is 19.2. The zero-order chi connectivity index (χ0) is 15.9. The quantitative estimate of drug-likeness (QED) is 0.922. The Morgan fingerprint density at radius 3 is 2.77 bits per heavy atom. The molecule has 1 unspecified atom stereocenters. The Morgan fingerprint density at radius 2 is 2.09 bits per heavy atom. The number of nitrogens with zero attached hydrogens (tertiary/aromatic N) is 6. The van der Waals surface area contributed by atoms with Crippen molar-refractivity contribution in [1.82, 2.24) is 25.0 Å². The van der Waals surface area contributed by atoms with Gasteiger partial charge in [-0.1, -0.05) is 5.21 Å². The van der Waals surface area contributed by atoms with Crippen molar-refractivity contribution < 1.29 is 5.11 Å². The Labute approximate surface area is 130 Å². The molecule has 1 atom stereocenters. The van der Waals surface area contributed by atoms with Gasteiger partial charge in [-0.2, -0.15) is 0 Å². The molecule has 0 aromatic carbocycles. The van der Waals surface area contributed by atoms with E-state index in [1.54, 1.807) is 10.9 Å². The van der Waals surface area contributed by atoms with Gasteiger partial charge in [0.25, 0.3) is 0 Å². The molecule has 1 aliphatic heterocycles. The first-order valence-corrected chi connectivity index (χ1v) is 7.59. The van der Waals surface area contributed by atoms with E-state index in [0.717, 1.165) is 23.8 Å². The van der Waals surface area contributed by atoms with Crippen LogP contribution in [0.4, 0.5) is 5.82 Å². The molecule has 1 N–H and O–H groups in total. The third-order valence-electron chi connectivity index (χ3n) is 4.11. The van der Waals surface area contributed by atoms with E-state index in [9.17, 15) is 5.11 Å². The van der Waals surface area contributed by atoms with Gasteiger partial charge < -0.3 is 10.0 Å². The number of aromatic nitrogens is 5. The van der Waals surface area contributed by atoms with Crippen LogP contribution in [0.25, 0.3) is 0 Å². The van der Waals surface area contributed by atoms with Crippen molar-refractivity contribution in [2.75, 3.05) is 18.0 Å². The summed E-state index contributed by atoms with van der Waals surface area (Å²) in [6.07, 6.45) is 4.21. The fraction of sp³-hybridized carbons (Fsp3) is 0.600. The average molecular weight is 302 g/mol. The Bertz CT molecular complexity index is 682. The molecule has 0 amide bonds. The van der Waals surface area contributed by atoms with Gasteiger partial charge in [0.1, 0.15) is 17.1 Å². The fourth-order valence-corrected chi connectivity index (χ4v) is 2.75. The molecule has 0 aliphatic carbocycles. The minimum Gasteiger partial charge on any atom is -0.381 e. The van der Waals surface area contributed by atoms with Crippen molar-refractivity contribution in [3.05, 3.63) is 29.5 Å². The van der Waals surface area contributed by atoms with Crippen LogP contribution >= 0.6 is 0 Å². The maximum absolute atomic E-state index is 10.9. The van der Waals surface area contributed by atoms with Gasteiger partial charge in [0, 0.05) is 25.2 Å². The predicted molar refractivity (Wildman–Crippen MR) is 82.6 cm³/mol. The Hall–Kier alpha value is -2.02. The summed E-state index contributed by atoms with van der Waals surface area (Å²) in [5.74, 6) is 0.840. The van der Waals surface area contributed by atoms with Gasteiger partial charge in [0.2, 0.25) is 0 Å². The lowest BCUT2D eigenvalue weighted by molar-refractivity contribution is 0.0558. The number of hydrogen-bond acceptors (Lipinski definition) is 6. The minimum absolute atomic E-state index is 0.229. The molecular weight excluding hydrogens is 280 g/mol. The van der Waals surface area contributed by atoms with Crippen molar-refractivity contribution >= 4 is 5.82 Å². The van der Waals surface area contributed by atoms with Crippen molar-refractivity contribution in [3.8, 4) is 0 Å². The zero-order valence-electron chi connectivity index (χ0n) is 13.5. The Morgan fingerprint density at radius 1 is 1.32 bits per heavy atom. The normalized spacial score (nSPS) is 21.8. The third-order valence-corrected chi connectivity index (χ3v) is 4.11. The van der Waals surface area contributed by atoms with E-state index in [2.05, 4.69) is 25.2 Å². The Kier molecular flexibility index (Phi) is 3.60. The van der Waals surface area contributed by atoms with Crippen LogP contribution in [0.2, 0.25) is 0 Å². The highest BCUT2D eigenvalue weighted by Crippen LogP contribution is 2.33. The first-order chi connectivity index (χ1) is 10.4. The van der Waals surface area contributed by atoms with Crippen LogP contribution in [0.1, 0.15) is 43.4 Å². The van der Waals surface area contributed by atoms with Crippen LogP contribution in [0.3, 0.4) is 0 Å². The second kappa shape index (κ2) is 5.31. The second-order valence-electron chi connectivity index (χ2n) is 6.30. The molecule has 0 bridgehead atoms. The molecule has 2 aromatic heterocycles. The van der Waals surface area contributed by atoms with Crippen LogP contribution in [0, 0.1) is 13.8 Å². The van der Waals surface area contributed by atoms with Gasteiger partial charge in [-0.15, -0.1) is 5.10 Å². The molecule has 3 heterocycles. The number of anilines is 1. The summed E-state index contributed by atoms with van der Waals surface area (Å²) in [6.45, 7) is 9.12. The lowest BCUT2D eigenvalue weighted by Gasteiger charge is -2.22. The predicted octanol–water partition coefficient (Wildman–Crippen LogP) is 1.36. The lowest BCUT2D eigenvalue weighted by Crippen LogP contribution is -2.32. The van der Waals surface area contributed by atoms with Gasteiger partial charge in [0.15, 0.2) is 0 Å². The van der Waals surface area contributed by atoms with E-state index >= 15 is 0 Å². The number of β-amino-alcohol motifs (C(OH)–C–C–N with tert-alkyl or cyclic N) is 1. The summed E-state index contributed by atoms with van der Waals surface area (Å²) in [7, 11) is 0. The number of rotatable bonds is 3. The molecule has 7 nitrogen and oxygen atoms in total. The van der Waals surface area contributed by atoms with E-state index < -0.39 is 5.60 Å². The molecule has 118 valence electrons. The van der Waals surface area contributed by atoms with Crippen LogP contribution in [0.15, 0.2) is 12.4 Å². The van der Waals surface area contributed by atoms with Crippen LogP contribution in [0.5, 0.6) is 0 Å². The van der Waals surface area contributed by atoms with Crippen LogP contribution in [-0.4, -0.2) is 43.2 Å². The monoisotopic (exact) mass is 302 g/mol. The van der Waals surface area contributed by atoms with E-state index in [-0.39, 0.29) is 6.04 Å². The number of aliphatic hydroxyl groups is 1. The van der Waals surface area contributed by atoms with E-state index in [4.69, 9.17) is 0 Å². The molecule has 1 aliphatic rings. The van der Waals surface area contributed by atoms with Gasteiger partial charge >= 0.3 is 0 Å². The first-order valence-electron chi connectivity index (χ1n) is 7.59. The van der Waals surface area contributed by atoms with Crippen LogP contribution < -0.4 is 4.90 Å². The summed E-state index contributed by atoms with van der Waals surface area (Å²) >= 11 is 0. The second-order valence-corrected chi connectivity index (χ2v) is 6.30. The van der Waals surface area contributed by atoms with Crippen molar-refractivity contribution in [1.29, 1.82) is 0 Å². The van der Waals surface area contributed by atoms with E-state index in [1.165, 1.54) is 0 Å². The molecule has 0 saturated carbocycles. The van der Waals surface area contributed by atoms with Crippen LogP contribution in [-0.2, 0) is 5.60 Å². The van der Waals surface area contributed by atoms with E-state index in [0.29, 0.717) is 18.7 Å². The molecular formula is C15H22N6O.